The Morgan fingerprint density at radius 3 is 1.92 bits per heavy atom. The number of halogens is 2. The second kappa shape index (κ2) is 17.3. The highest BCUT2D eigenvalue weighted by atomic mass is 35.5. The summed E-state index contributed by atoms with van der Waals surface area (Å²) in [6.07, 6.45) is 0.725. The molecule has 0 aromatic carbocycles. The van der Waals surface area contributed by atoms with Crippen LogP contribution in [-0.4, -0.2) is 79.0 Å². The van der Waals surface area contributed by atoms with Crippen molar-refractivity contribution in [1.82, 2.24) is 0 Å². The van der Waals surface area contributed by atoms with E-state index in [1.54, 1.807) is 6.92 Å². The first-order valence-electron chi connectivity index (χ1n) is 7.83. The smallest absolute Gasteiger partial charge is 0.320 e. The van der Waals surface area contributed by atoms with Crippen molar-refractivity contribution < 1.29 is 33.8 Å². The highest BCUT2D eigenvalue weighted by Crippen LogP contribution is 2.06. The van der Waals surface area contributed by atoms with Gasteiger partial charge in [0, 0.05) is 6.42 Å². The number of hydrogen-bond acceptors (Lipinski definition) is 6. The number of aliphatic carboxylic acids is 2. The molecule has 11 heteroatoms. The van der Waals surface area contributed by atoms with Crippen LogP contribution in [0.2, 0.25) is 0 Å². The number of likely N-dealkylation sites (N-methyl/N-ethyl adjacent to an activating group) is 1. The molecular weight excluding hydrogens is 389 g/mol. The minimum atomic E-state index is -0.955. The fourth-order valence-corrected chi connectivity index (χ4v) is 1.68. The number of esters is 1. The monoisotopic (exact) mass is 422 g/mol. The van der Waals surface area contributed by atoms with Gasteiger partial charge in [0.1, 0.15) is 12.6 Å². The lowest BCUT2D eigenvalue weighted by Crippen LogP contribution is -2.43. The molecule has 6 N–H and O–H groups in total. The summed E-state index contributed by atoms with van der Waals surface area (Å²) in [5.74, 6) is -2.25. The van der Waals surface area contributed by atoms with E-state index in [4.69, 9.17) is 26.4 Å². The molecule has 0 rings (SSSR count). The molecule has 26 heavy (non-hydrogen) atoms. The van der Waals surface area contributed by atoms with Crippen LogP contribution in [0.1, 0.15) is 32.6 Å². The van der Waals surface area contributed by atoms with Gasteiger partial charge in [0.05, 0.1) is 27.6 Å². The number of rotatable bonds is 10. The number of ether oxygens (including phenoxy) is 1. The van der Waals surface area contributed by atoms with Gasteiger partial charge in [-0.2, -0.15) is 0 Å². The molecule has 0 aliphatic heterocycles. The maximum atomic E-state index is 11.1. The van der Waals surface area contributed by atoms with Crippen LogP contribution in [0, 0.1) is 0 Å². The van der Waals surface area contributed by atoms with Gasteiger partial charge in [-0.05, 0) is 19.4 Å². The molecule has 0 saturated carbocycles. The number of nitrogens with zero attached hydrogens (tertiary/aromatic N) is 1. The lowest BCUT2D eigenvalue weighted by atomic mass is 10.2. The van der Waals surface area contributed by atoms with Crippen molar-refractivity contribution in [2.75, 3.05) is 34.2 Å². The van der Waals surface area contributed by atoms with Crippen molar-refractivity contribution in [2.24, 2.45) is 11.5 Å². The van der Waals surface area contributed by atoms with E-state index in [0.717, 1.165) is 0 Å². The third-order valence-electron chi connectivity index (χ3n) is 2.78. The third-order valence-corrected chi connectivity index (χ3v) is 2.78. The van der Waals surface area contributed by atoms with Crippen molar-refractivity contribution >= 4 is 42.7 Å². The highest BCUT2D eigenvalue weighted by Gasteiger charge is 2.24. The van der Waals surface area contributed by atoms with E-state index >= 15 is 0 Å². The summed E-state index contributed by atoms with van der Waals surface area (Å²) >= 11 is 0. The van der Waals surface area contributed by atoms with Crippen molar-refractivity contribution in [3.8, 4) is 0 Å². The number of carboxylic acids is 2. The van der Waals surface area contributed by atoms with Crippen LogP contribution in [0.15, 0.2) is 0 Å². The van der Waals surface area contributed by atoms with E-state index in [0.29, 0.717) is 30.4 Å². The zero-order valence-electron chi connectivity index (χ0n) is 15.8. The molecule has 0 radical (unpaired) electrons. The van der Waals surface area contributed by atoms with Crippen molar-refractivity contribution in [3.05, 3.63) is 0 Å². The van der Waals surface area contributed by atoms with Gasteiger partial charge in [0.15, 0.2) is 6.10 Å². The second-order valence-electron chi connectivity index (χ2n) is 6.41. The molecule has 0 aromatic heterocycles. The largest absolute Gasteiger partial charge is 0.481 e. The zero-order chi connectivity index (χ0) is 19.3. The van der Waals surface area contributed by atoms with Gasteiger partial charge in [-0.3, -0.25) is 14.4 Å². The Balaban J connectivity index is -0.000000192. The van der Waals surface area contributed by atoms with Gasteiger partial charge >= 0.3 is 17.9 Å². The standard InChI is InChI=1S/C10H19NO4.C5H12N2O2.2ClH/c1-5-10(14)15-8(6-9(12)13)7-11(2,3)4;6-3-1-2-4(7)5(8)9;;/h8H,5-7H2,1-4H3;4H,1-3,6-7H2,(H,8,9);2*1H/p+1/t8-;4-;;/m10../s1. The van der Waals surface area contributed by atoms with Crippen molar-refractivity contribution in [2.45, 2.75) is 44.8 Å². The molecule has 0 bridgehead atoms. The first kappa shape index (κ1) is 32.5. The first-order valence-corrected chi connectivity index (χ1v) is 7.83. The SMILES string of the molecule is CCC(=O)O[C@H](CC(=O)O)C[N+](C)(C)C.Cl.Cl.NCCC[C@H](N)C(=O)O. The van der Waals surface area contributed by atoms with Crippen LogP contribution in [0.25, 0.3) is 0 Å². The summed E-state index contributed by atoms with van der Waals surface area (Å²) < 4.78 is 5.62. The van der Waals surface area contributed by atoms with E-state index in [1.807, 2.05) is 21.1 Å². The van der Waals surface area contributed by atoms with E-state index in [2.05, 4.69) is 0 Å². The topological polar surface area (TPSA) is 153 Å². The van der Waals surface area contributed by atoms with Crippen molar-refractivity contribution in [1.29, 1.82) is 0 Å². The third kappa shape index (κ3) is 22.9. The molecule has 0 aromatic rings. The Bertz CT molecular complexity index is 405. The summed E-state index contributed by atoms with van der Waals surface area (Å²) in [6, 6.07) is -0.742. The summed E-state index contributed by atoms with van der Waals surface area (Å²) in [5.41, 5.74) is 10.3. The van der Waals surface area contributed by atoms with Crippen LogP contribution in [0.5, 0.6) is 0 Å². The Morgan fingerprint density at radius 1 is 1.12 bits per heavy atom. The van der Waals surface area contributed by atoms with Crippen molar-refractivity contribution in [3.63, 3.8) is 0 Å². The predicted molar refractivity (Wildman–Crippen MR) is 104 cm³/mol. The van der Waals surface area contributed by atoms with Crippen LogP contribution in [-0.2, 0) is 19.1 Å². The Morgan fingerprint density at radius 2 is 1.62 bits per heavy atom. The van der Waals surface area contributed by atoms with Gasteiger partial charge in [0.2, 0.25) is 0 Å². The molecule has 0 unspecified atom stereocenters. The molecular formula is C15H34Cl2N3O6+. The Hall–Kier alpha value is -1.13. The van der Waals surface area contributed by atoms with Gasteiger partial charge in [0.25, 0.3) is 0 Å². The van der Waals surface area contributed by atoms with Crippen LogP contribution in [0.3, 0.4) is 0 Å². The number of carbonyl (C=O) groups excluding carboxylic acids is 1. The second-order valence-corrected chi connectivity index (χ2v) is 6.41. The minimum absolute atomic E-state index is 0. The van der Waals surface area contributed by atoms with Gasteiger partial charge in [-0.1, -0.05) is 6.92 Å². The van der Waals surface area contributed by atoms with Crippen LogP contribution < -0.4 is 11.5 Å². The molecule has 0 fully saturated rings. The Kier molecular flexibility index (Phi) is 21.6. The minimum Gasteiger partial charge on any atom is -0.481 e. The maximum absolute atomic E-state index is 11.1. The molecule has 158 valence electrons. The van der Waals surface area contributed by atoms with Gasteiger partial charge in [-0.15, -0.1) is 24.8 Å². The fraction of sp³-hybridized carbons (Fsp3) is 0.800. The number of carboxylic acid groups (broad SMARTS) is 2. The van der Waals surface area contributed by atoms with Crippen LogP contribution in [0.4, 0.5) is 0 Å². The predicted octanol–water partition coefficient (Wildman–Crippen LogP) is 0.470. The van der Waals surface area contributed by atoms with Gasteiger partial charge in [-0.25, -0.2) is 0 Å². The number of quaternary nitrogens is 1. The summed E-state index contributed by atoms with van der Waals surface area (Å²) in [5, 5.41) is 16.9. The molecule has 0 aliphatic rings. The molecule has 0 aliphatic carbocycles. The Labute approximate surface area is 167 Å². The quantitative estimate of drug-likeness (QED) is 0.292. The summed E-state index contributed by atoms with van der Waals surface area (Å²) in [7, 11) is 5.78. The molecule has 9 nitrogen and oxygen atoms in total. The number of hydrogen-bond donors (Lipinski definition) is 4. The number of carbonyl (C=O) groups is 3. The normalized spacial score (nSPS) is 12.2. The average Bonchev–Trinajstić information content (AvgIpc) is 2.42. The van der Waals surface area contributed by atoms with E-state index in [-0.39, 0.29) is 43.6 Å². The molecule has 0 saturated heterocycles. The molecule has 0 heterocycles. The van der Waals surface area contributed by atoms with E-state index in [1.165, 1.54) is 0 Å². The lowest BCUT2D eigenvalue weighted by molar-refractivity contribution is -0.873. The average molecular weight is 423 g/mol. The van der Waals surface area contributed by atoms with E-state index < -0.39 is 24.1 Å². The molecule has 0 spiro atoms. The zero-order valence-corrected chi connectivity index (χ0v) is 17.5. The molecule has 2 atom stereocenters. The van der Waals surface area contributed by atoms with Crippen LogP contribution >= 0.6 is 24.8 Å². The number of nitrogens with two attached hydrogens (primary N) is 2. The first-order chi connectivity index (χ1) is 10.9. The van der Waals surface area contributed by atoms with E-state index in [9.17, 15) is 14.4 Å². The maximum Gasteiger partial charge on any atom is 0.320 e. The molecule has 0 amide bonds. The highest BCUT2D eigenvalue weighted by molar-refractivity contribution is 5.85. The van der Waals surface area contributed by atoms with Gasteiger partial charge < -0.3 is 30.9 Å². The summed E-state index contributed by atoms with van der Waals surface area (Å²) in [6.45, 7) is 2.69. The fourth-order valence-electron chi connectivity index (χ4n) is 1.68. The lowest BCUT2D eigenvalue weighted by Gasteiger charge is -2.28. The summed E-state index contributed by atoms with van der Waals surface area (Å²) in [4.78, 5) is 31.7.